The third-order valence-electron chi connectivity index (χ3n) is 5.94. The molecule has 0 bridgehead atoms. The molecule has 1 rings (SSSR count). The predicted molar refractivity (Wildman–Crippen MR) is 150 cm³/mol. The summed E-state index contributed by atoms with van der Waals surface area (Å²) in [5, 5.41) is 3.48. The number of benzene rings is 1. The summed E-state index contributed by atoms with van der Waals surface area (Å²) in [4.78, 5) is 0. The van der Waals surface area contributed by atoms with Crippen LogP contribution in [-0.4, -0.2) is 0 Å². The van der Waals surface area contributed by atoms with Gasteiger partial charge >= 0.3 is 0 Å². The first-order chi connectivity index (χ1) is 15.8. The molecule has 0 amide bonds. The van der Waals surface area contributed by atoms with E-state index in [1.807, 2.05) is 25.2 Å². The zero-order chi connectivity index (χ0) is 25.0. The first-order valence-corrected chi connectivity index (χ1v) is 11.6. The summed E-state index contributed by atoms with van der Waals surface area (Å²) in [5.41, 5.74) is 10.9. The Hall–Kier alpha value is -3.32. The Morgan fingerprint density at radius 2 is 1.70 bits per heavy atom. The van der Waals surface area contributed by atoms with Crippen molar-refractivity contribution >= 4 is 5.57 Å². The van der Waals surface area contributed by atoms with Crippen molar-refractivity contribution in [2.75, 3.05) is 0 Å². The number of hydrogen-bond acceptors (Lipinski definition) is 1. The van der Waals surface area contributed by atoms with Gasteiger partial charge in [0.05, 0.1) is 0 Å². The number of nitrogens with one attached hydrogen (secondary N) is 1. The molecular formula is C32H41N. The van der Waals surface area contributed by atoms with Gasteiger partial charge in [0.2, 0.25) is 0 Å². The maximum absolute atomic E-state index is 4.28. The van der Waals surface area contributed by atoms with E-state index >= 15 is 0 Å². The second-order valence-corrected chi connectivity index (χ2v) is 8.10. The first-order valence-electron chi connectivity index (χ1n) is 11.6. The van der Waals surface area contributed by atoms with Crippen LogP contribution in [0, 0.1) is 6.92 Å². The molecule has 1 N–H and O–H groups in total. The standard InChI is InChI=1S/C32H41N/c1-11-17-19-28-22-29(21-20-23(28)7)31(15-5)25(9)32(16-6)33-26(10)24(8)30(14-4)27(13-3)18-12-2/h12-16,18,20-22,33H,2-4,6,10-11,17,19H2,1,5,7-9H3/b27-18-,30-24+,31-15+,32-25+. The molecule has 0 spiro atoms. The van der Waals surface area contributed by atoms with Gasteiger partial charge in [0.25, 0.3) is 0 Å². The van der Waals surface area contributed by atoms with Crippen molar-refractivity contribution < 1.29 is 0 Å². The van der Waals surface area contributed by atoms with Crippen molar-refractivity contribution in [3.8, 4) is 0 Å². The van der Waals surface area contributed by atoms with Crippen LogP contribution in [0.4, 0.5) is 0 Å². The molecule has 0 unspecified atom stereocenters. The molecule has 0 atom stereocenters. The highest BCUT2D eigenvalue weighted by atomic mass is 14.9. The number of rotatable bonds is 13. The maximum Gasteiger partial charge on any atom is 0.0414 e. The van der Waals surface area contributed by atoms with E-state index in [2.05, 4.69) is 90.2 Å². The smallest absolute Gasteiger partial charge is 0.0414 e. The lowest BCUT2D eigenvalue weighted by Crippen LogP contribution is -2.14. The highest BCUT2D eigenvalue weighted by Gasteiger charge is 2.12. The summed E-state index contributed by atoms with van der Waals surface area (Å²) in [6.07, 6.45) is 14.8. The van der Waals surface area contributed by atoms with Gasteiger partial charge in [0.15, 0.2) is 0 Å². The maximum atomic E-state index is 4.28. The first kappa shape index (κ1) is 27.7. The molecule has 1 heteroatoms. The molecular weight excluding hydrogens is 398 g/mol. The summed E-state index contributed by atoms with van der Waals surface area (Å²) in [6.45, 7) is 30.7. The normalized spacial score (nSPS) is 13.5. The highest BCUT2D eigenvalue weighted by molar-refractivity contribution is 5.80. The van der Waals surface area contributed by atoms with E-state index in [-0.39, 0.29) is 0 Å². The molecule has 174 valence electrons. The van der Waals surface area contributed by atoms with Gasteiger partial charge in [-0.3, -0.25) is 0 Å². The molecule has 33 heavy (non-hydrogen) atoms. The highest BCUT2D eigenvalue weighted by Crippen LogP contribution is 2.29. The van der Waals surface area contributed by atoms with Crippen LogP contribution in [-0.2, 0) is 6.42 Å². The van der Waals surface area contributed by atoms with Gasteiger partial charge < -0.3 is 5.32 Å². The van der Waals surface area contributed by atoms with Gasteiger partial charge in [0, 0.05) is 11.4 Å². The van der Waals surface area contributed by atoms with E-state index in [1.165, 1.54) is 35.1 Å². The van der Waals surface area contributed by atoms with Crippen LogP contribution >= 0.6 is 0 Å². The van der Waals surface area contributed by atoms with Gasteiger partial charge in [0.1, 0.15) is 0 Å². The molecule has 0 aliphatic rings. The minimum absolute atomic E-state index is 0.791. The molecule has 1 aromatic rings. The fourth-order valence-electron chi connectivity index (χ4n) is 3.82. The van der Waals surface area contributed by atoms with Gasteiger partial charge in [-0.25, -0.2) is 0 Å². The Morgan fingerprint density at radius 1 is 1.00 bits per heavy atom. The molecule has 0 aliphatic carbocycles. The van der Waals surface area contributed by atoms with E-state index < -0.39 is 0 Å². The Morgan fingerprint density at radius 3 is 2.21 bits per heavy atom. The molecule has 0 saturated heterocycles. The number of hydrogen-bond donors (Lipinski definition) is 1. The predicted octanol–water partition coefficient (Wildman–Crippen LogP) is 9.11. The topological polar surface area (TPSA) is 12.0 Å². The Balaban J connectivity index is 3.41. The molecule has 0 aliphatic heterocycles. The fourth-order valence-corrected chi connectivity index (χ4v) is 3.82. The number of aryl methyl sites for hydroxylation is 2. The SMILES string of the molecule is C=C/C=C(C=C)\C(C=C)=C(/C)C(=C)N/C(C=C)=C(C)/C(=C\C)c1ccc(C)c(CCCC)c1. The second kappa shape index (κ2) is 14.0. The molecule has 0 aromatic heterocycles. The van der Waals surface area contributed by atoms with Crippen molar-refractivity contribution in [2.45, 2.75) is 53.9 Å². The van der Waals surface area contributed by atoms with Crippen LogP contribution in [0.1, 0.15) is 57.2 Å². The van der Waals surface area contributed by atoms with Crippen LogP contribution in [0.5, 0.6) is 0 Å². The lowest BCUT2D eigenvalue weighted by atomic mass is 9.92. The average molecular weight is 440 g/mol. The third kappa shape index (κ3) is 7.36. The Bertz CT molecular complexity index is 1030. The van der Waals surface area contributed by atoms with Crippen LogP contribution in [0.25, 0.3) is 5.57 Å². The number of unbranched alkanes of at least 4 members (excludes halogenated alkanes) is 1. The van der Waals surface area contributed by atoms with E-state index in [1.54, 1.807) is 12.2 Å². The van der Waals surface area contributed by atoms with Gasteiger partial charge in [-0.05, 0) is 91.2 Å². The largest absolute Gasteiger partial charge is 0.356 e. The third-order valence-corrected chi connectivity index (χ3v) is 5.94. The van der Waals surface area contributed by atoms with Crippen LogP contribution in [0.2, 0.25) is 0 Å². The van der Waals surface area contributed by atoms with Crippen molar-refractivity contribution in [3.05, 3.63) is 138 Å². The monoisotopic (exact) mass is 439 g/mol. The molecule has 0 saturated carbocycles. The lowest BCUT2D eigenvalue weighted by molar-refractivity contribution is 0.791. The van der Waals surface area contributed by atoms with Crippen molar-refractivity contribution in [3.63, 3.8) is 0 Å². The van der Waals surface area contributed by atoms with Gasteiger partial charge in [-0.2, -0.15) is 0 Å². The van der Waals surface area contributed by atoms with Crippen LogP contribution < -0.4 is 5.32 Å². The van der Waals surface area contributed by atoms with Gasteiger partial charge in [-0.15, -0.1) is 0 Å². The summed E-state index contributed by atoms with van der Waals surface area (Å²) in [6, 6.07) is 6.76. The summed E-state index contributed by atoms with van der Waals surface area (Å²) in [7, 11) is 0. The minimum atomic E-state index is 0.791. The van der Waals surface area contributed by atoms with Crippen molar-refractivity contribution in [1.29, 1.82) is 0 Å². The molecule has 1 nitrogen and oxygen atoms in total. The summed E-state index contributed by atoms with van der Waals surface area (Å²) in [5.74, 6) is 0. The molecule has 0 fully saturated rings. The van der Waals surface area contributed by atoms with E-state index in [0.29, 0.717) is 0 Å². The van der Waals surface area contributed by atoms with Crippen LogP contribution in [0.3, 0.4) is 0 Å². The van der Waals surface area contributed by atoms with Gasteiger partial charge in [-0.1, -0.05) is 94.8 Å². The lowest BCUT2D eigenvalue weighted by Gasteiger charge is -2.19. The Labute approximate surface area is 202 Å². The molecule has 0 heterocycles. The summed E-state index contributed by atoms with van der Waals surface area (Å²) >= 11 is 0. The fraction of sp³-hybridized carbons (Fsp3) is 0.250. The second-order valence-electron chi connectivity index (χ2n) is 8.10. The zero-order valence-corrected chi connectivity index (χ0v) is 21.4. The molecule has 0 radical (unpaired) electrons. The quantitative estimate of drug-likeness (QED) is 0.302. The number of allylic oxidation sites excluding steroid dienone is 11. The average Bonchev–Trinajstić information content (AvgIpc) is 2.82. The van der Waals surface area contributed by atoms with Crippen molar-refractivity contribution in [1.82, 2.24) is 5.32 Å². The minimum Gasteiger partial charge on any atom is -0.356 e. The van der Waals surface area contributed by atoms with Crippen LogP contribution in [0.15, 0.2) is 121 Å². The summed E-state index contributed by atoms with van der Waals surface area (Å²) < 4.78 is 0. The van der Waals surface area contributed by atoms with E-state index in [0.717, 1.165) is 40.1 Å². The zero-order valence-electron chi connectivity index (χ0n) is 21.4. The van der Waals surface area contributed by atoms with E-state index in [4.69, 9.17) is 0 Å². The molecule has 1 aromatic carbocycles. The van der Waals surface area contributed by atoms with E-state index in [9.17, 15) is 0 Å². The Kier molecular flexibility index (Phi) is 11.7. The van der Waals surface area contributed by atoms with Crippen molar-refractivity contribution in [2.24, 2.45) is 0 Å².